The Morgan fingerprint density at radius 3 is 3.09 bits per heavy atom. The number of rotatable bonds is 0. The molecule has 0 aliphatic carbocycles. The van der Waals surface area contributed by atoms with E-state index in [-0.39, 0.29) is 18.2 Å². The highest BCUT2D eigenvalue weighted by Crippen LogP contribution is 2.12. The number of hydrogen-bond donors (Lipinski definition) is 1. The summed E-state index contributed by atoms with van der Waals surface area (Å²) in [6.45, 7) is 1.52. The third kappa shape index (κ3) is 1.49. The van der Waals surface area contributed by atoms with Crippen LogP contribution in [0.15, 0.2) is 12.3 Å². The number of fused-ring (bicyclic) bond motifs is 1. The SMILES string of the molecule is Cl.Fc1cnc2c(c1)CNC2. The van der Waals surface area contributed by atoms with E-state index in [1.807, 2.05) is 0 Å². The van der Waals surface area contributed by atoms with Gasteiger partial charge in [-0.15, -0.1) is 12.4 Å². The lowest BCUT2D eigenvalue weighted by molar-refractivity contribution is 0.618. The fraction of sp³-hybridized carbons (Fsp3) is 0.286. The average molecular weight is 175 g/mol. The van der Waals surface area contributed by atoms with Gasteiger partial charge in [-0.3, -0.25) is 4.98 Å². The molecule has 0 unspecified atom stereocenters. The zero-order chi connectivity index (χ0) is 6.97. The molecule has 1 aliphatic rings. The fourth-order valence-corrected chi connectivity index (χ4v) is 1.14. The molecule has 2 heterocycles. The molecule has 0 saturated heterocycles. The highest BCUT2D eigenvalue weighted by atomic mass is 35.5. The molecule has 1 aromatic rings. The summed E-state index contributed by atoms with van der Waals surface area (Å²) in [7, 11) is 0. The normalized spacial score (nSPS) is 13.9. The van der Waals surface area contributed by atoms with Crippen LogP contribution in [0.3, 0.4) is 0 Å². The molecular formula is C7H8ClFN2. The number of nitrogens with one attached hydrogen (secondary N) is 1. The first-order valence-corrected chi connectivity index (χ1v) is 3.20. The second-order valence-electron chi connectivity index (χ2n) is 2.36. The first-order valence-electron chi connectivity index (χ1n) is 3.20. The highest BCUT2D eigenvalue weighted by molar-refractivity contribution is 5.85. The molecule has 2 nitrogen and oxygen atoms in total. The van der Waals surface area contributed by atoms with Gasteiger partial charge in [0.05, 0.1) is 11.9 Å². The van der Waals surface area contributed by atoms with Crippen LogP contribution < -0.4 is 5.32 Å². The Morgan fingerprint density at radius 1 is 1.45 bits per heavy atom. The third-order valence-corrected chi connectivity index (χ3v) is 1.63. The van der Waals surface area contributed by atoms with E-state index >= 15 is 0 Å². The molecule has 0 saturated carbocycles. The molecule has 2 rings (SSSR count). The first-order chi connectivity index (χ1) is 4.86. The van der Waals surface area contributed by atoms with Gasteiger partial charge in [0.2, 0.25) is 0 Å². The Morgan fingerprint density at radius 2 is 2.27 bits per heavy atom. The number of hydrogen-bond acceptors (Lipinski definition) is 2. The molecule has 0 spiro atoms. The summed E-state index contributed by atoms with van der Waals surface area (Å²) in [6.07, 6.45) is 1.26. The van der Waals surface area contributed by atoms with Gasteiger partial charge in [-0.2, -0.15) is 0 Å². The van der Waals surface area contributed by atoms with Gasteiger partial charge in [0.1, 0.15) is 5.82 Å². The maximum absolute atomic E-state index is 12.5. The van der Waals surface area contributed by atoms with Crippen molar-refractivity contribution in [2.45, 2.75) is 13.1 Å². The third-order valence-electron chi connectivity index (χ3n) is 1.63. The van der Waals surface area contributed by atoms with Gasteiger partial charge < -0.3 is 5.32 Å². The molecule has 0 atom stereocenters. The molecule has 0 bridgehead atoms. The molecule has 4 heteroatoms. The number of nitrogens with zero attached hydrogens (tertiary/aromatic N) is 1. The Kier molecular flexibility index (Phi) is 2.42. The van der Waals surface area contributed by atoms with Crippen LogP contribution in [0.5, 0.6) is 0 Å². The smallest absolute Gasteiger partial charge is 0.141 e. The van der Waals surface area contributed by atoms with Crippen LogP contribution in [-0.4, -0.2) is 4.98 Å². The Labute approximate surface area is 70.2 Å². The molecule has 0 fully saturated rings. The van der Waals surface area contributed by atoms with Crippen LogP contribution in [0.1, 0.15) is 11.3 Å². The van der Waals surface area contributed by atoms with E-state index in [0.717, 1.165) is 24.3 Å². The quantitative estimate of drug-likeness (QED) is 0.640. The van der Waals surface area contributed by atoms with Crippen LogP contribution >= 0.6 is 12.4 Å². The minimum atomic E-state index is -0.248. The number of pyridine rings is 1. The maximum Gasteiger partial charge on any atom is 0.141 e. The van der Waals surface area contributed by atoms with Crippen molar-refractivity contribution in [3.63, 3.8) is 0 Å². The second kappa shape index (κ2) is 3.15. The van der Waals surface area contributed by atoms with E-state index in [4.69, 9.17) is 0 Å². The highest BCUT2D eigenvalue weighted by Gasteiger charge is 2.10. The van der Waals surface area contributed by atoms with Crippen molar-refractivity contribution in [1.82, 2.24) is 10.3 Å². The fourth-order valence-electron chi connectivity index (χ4n) is 1.14. The van der Waals surface area contributed by atoms with Gasteiger partial charge in [-0.1, -0.05) is 0 Å². The van der Waals surface area contributed by atoms with Gasteiger partial charge in [0.25, 0.3) is 0 Å². The summed E-state index contributed by atoms with van der Waals surface area (Å²) in [5, 5.41) is 3.09. The lowest BCUT2D eigenvalue weighted by atomic mass is 10.2. The Balaban J connectivity index is 0.000000605. The predicted octanol–water partition coefficient (Wildman–Crippen LogP) is 1.25. The minimum Gasteiger partial charge on any atom is -0.307 e. The standard InChI is InChI=1S/C7H7FN2.ClH/c8-6-1-5-2-9-4-7(5)10-3-6;/h1,3,9H,2,4H2;1H. The summed E-state index contributed by atoms with van der Waals surface area (Å²) in [5.41, 5.74) is 1.96. The van der Waals surface area contributed by atoms with Gasteiger partial charge in [-0.05, 0) is 11.6 Å². The summed E-state index contributed by atoms with van der Waals surface area (Å²) in [6, 6.07) is 1.53. The van der Waals surface area contributed by atoms with Crippen LogP contribution in [-0.2, 0) is 13.1 Å². The molecule has 0 radical (unpaired) electrons. The molecule has 1 aromatic heterocycles. The van der Waals surface area contributed by atoms with Crippen molar-refractivity contribution in [3.8, 4) is 0 Å². The summed E-state index contributed by atoms with van der Waals surface area (Å²) in [4.78, 5) is 3.92. The van der Waals surface area contributed by atoms with Gasteiger partial charge in [-0.25, -0.2) is 4.39 Å². The molecule has 1 N–H and O–H groups in total. The van der Waals surface area contributed by atoms with Crippen molar-refractivity contribution in [2.24, 2.45) is 0 Å². The minimum absolute atomic E-state index is 0. The van der Waals surface area contributed by atoms with Crippen LogP contribution in [0.4, 0.5) is 4.39 Å². The first kappa shape index (κ1) is 8.43. The van der Waals surface area contributed by atoms with E-state index in [1.54, 1.807) is 0 Å². The topological polar surface area (TPSA) is 24.9 Å². The number of halogens is 2. The average Bonchev–Trinajstić information content (AvgIpc) is 2.33. The zero-order valence-electron chi connectivity index (χ0n) is 5.80. The van der Waals surface area contributed by atoms with Crippen molar-refractivity contribution in [2.75, 3.05) is 0 Å². The Bertz CT molecular complexity index is 265. The van der Waals surface area contributed by atoms with Gasteiger partial charge >= 0.3 is 0 Å². The summed E-state index contributed by atoms with van der Waals surface area (Å²) in [5.74, 6) is -0.248. The monoisotopic (exact) mass is 174 g/mol. The van der Waals surface area contributed by atoms with E-state index in [1.165, 1.54) is 12.3 Å². The van der Waals surface area contributed by atoms with Crippen LogP contribution in [0, 0.1) is 5.82 Å². The van der Waals surface area contributed by atoms with Crippen molar-refractivity contribution < 1.29 is 4.39 Å². The van der Waals surface area contributed by atoms with Crippen molar-refractivity contribution in [3.05, 3.63) is 29.3 Å². The van der Waals surface area contributed by atoms with E-state index in [2.05, 4.69) is 10.3 Å². The maximum atomic E-state index is 12.5. The molecule has 11 heavy (non-hydrogen) atoms. The van der Waals surface area contributed by atoms with Crippen LogP contribution in [0.25, 0.3) is 0 Å². The van der Waals surface area contributed by atoms with E-state index < -0.39 is 0 Å². The molecular weight excluding hydrogens is 167 g/mol. The lowest BCUT2D eigenvalue weighted by Crippen LogP contribution is -2.00. The predicted molar refractivity (Wildman–Crippen MR) is 42.0 cm³/mol. The molecule has 1 aliphatic heterocycles. The van der Waals surface area contributed by atoms with Gasteiger partial charge in [0, 0.05) is 13.1 Å². The summed E-state index contributed by atoms with van der Waals surface area (Å²) < 4.78 is 12.5. The van der Waals surface area contributed by atoms with E-state index in [9.17, 15) is 4.39 Å². The lowest BCUT2D eigenvalue weighted by Gasteiger charge is -1.93. The van der Waals surface area contributed by atoms with Crippen molar-refractivity contribution in [1.29, 1.82) is 0 Å². The van der Waals surface area contributed by atoms with Gasteiger partial charge in [0.15, 0.2) is 0 Å². The van der Waals surface area contributed by atoms with Crippen molar-refractivity contribution >= 4 is 12.4 Å². The van der Waals surface area contributed by atoms with E-state index in [0.29, 0.717) is 0 Å². The molecule has 60 valence electrons. The number of aromatic nitrogens is 1. The molecule has 0 amide bonds. The van der Waals surface area contributed by atoms with Crippen LogP contribution in [0.2, 0.25) is 0 Å². The molecule has 0 aromatic carbocycles. The zero-order valence-corrected chi connectivity index (χ0v) is 6.62. The second-order valence-corrected chi connectivity index (χ2v) is 2.36. The Hall–Kier alpha value is -0.670. The summed E-state index contributed by atoms with van der Waals surface area (Å²) >= 11 is 0. The largest absolute Gasteiger partial charge is 0.307 e.